The van der Waals surface area contributed by atoms with Crippen molar-refractivity contribution in [2.75, 3.05) is 26.8 Å². The Morgan fingerprint density at radius 3 is 2.63 bits per heavy atom. The van der Waals surface area contributed by atoms with Gasteiger partial charge in [-0.2, -0.15) is 0 Å². The first-order valence-electron chi connectivity index (χ1n) is 6.92. The highest BCUT2D eigenvalue weighted by molar-refractivity contribution is 14.0. The summed E-state index contributed by atoms with van der Waals surface area (Å²) >= 11 is 0. The molecule has 1 aliphatic carbocycles. The lowest BCUT2D eigenvalue weighted by atomic mass is 10.2. The molecule has 0 aromatic carbocycles. The second kappa shape index (κ2) is 11.5. The maximum absolute atomic E-state index is 5.53. The highest BCUT2D eigenvalue weighted by atomic mass is 127. The molecule has 4 nitrogen and oxygen atoms in total. The Kier molecular flexibility index (Phi) is 11.3. The Balaban J connectivity index is 0.00000324. The summed E-state index contributed by atoms with van der Waals surface area (Å²) in [5.74, 6) is 1.51. The van der Waals surface area contributed by atoms with Crippen molar-refractivity contribution in [2.24, 2.45) is 10.9 Å². The van der Waals surface area contributed by atoms with Crippen molar-refractivity contribution < 1.29 is 4.74 Å². The average molecular weight is 381 g/mol. The molecular formula is C14H28IN3O. The van der Waals surface area contributed by atoms with E-state index in [1.165, 1.54) is 0 Å². The van der Waals surface area contributed by atoms with E-state index in [4.69, 9.17) is 4.74 Å². The highest BCUT2D eigenvalue weighted by Crippen LogP contribution is 2.08. The van der Waals surface area contributed by atoms with Crippen molar-refractivity contribution in [1.29, 1.82) is 0 Å². The zero-order valence-corrected chi connectivity index (χ0v) is 14.6. The van der Waals surface area contributed by atoms with Gasteiger partial charge in [0.05, 0.1) is 0 Å². The first kappa shape index (κ1) is 18.7. The van der Waals surface area contributed by atoms with Gasteiger partial charge in [-0.25, -0.2) is 0 Å². The van der Waals surface area contributed by atoms with E-state index < -0.39 is 0 Å². The minimum Gasteiger partial charge on any atom is -0.381 e. The standard InChI is InChI=1S/C14H27N3O.HI/c1-12(2)11-18-10-6-9-16-14(15-3)17-13-7-4-5-8-13;/h4-5,12-13H,6-11H2,1-3H3,(H2,15,16,17);1H. The van der Waals surface area contributed by atoms with Gasteiger partial charge in [0, 0.05) is 32.8 Å². The van der Waals surface area contributed by atoms with Crippen LogP contribution >= 0.6 is 24.0 Å². The molecule has 112 valence electrons. The fourth-order valence-corrected chi connectivity index (χ4v) is 1.82. The average Bonchev–Trinajstić information content (AvgIpc) is 2.84. The van der Waals surface area contributed by atoms with Crippen LogP contribution in [0, 0.1) is 5.92 Å². The van der Waals surface area contributed by atoms with Crippen molar-refractivity contribution in [3.05, 3.63) is 12.2 Å². The Morgan fingerprint density at radius 2 is 2.05 bits per heavy atom. The fraction of sp³-hybridized carbons (Fsp3) is 0.786. The second-order valence-electron chi connectivity index (χ2n) is 5.11. The number of rotatable bonds is 7. The first-order chi connectivity index (χ1) is 8.72. The van der Waals surface area contributed by atoms with Crippen LogP contribution in [-0.4, -0.2) is 38.8 Å². The molecule has 0 radical (unpaired) electrons. The number of aliphatic imine (C=N–C) groups is 1. The summed E-state index contributed by atoms with van der Waals surface area (Å²) in [6.07, 6.45) is 7.63. The maximum atomic E-state index is 5.53. The van der Waals surface area contributed by atoms with Crippen LogP contribution in [0.25, 0.3) is 0 Å². The van der Waals surface area contributed by atoms with Gasteiger partial charge in [0.2, 0.25) is 0 Å². The molecule has 0 aliphatic heterocycles. The molecule has 5 heteroatoms. The molecule has 0 aromatic heterocycles. The van der Waals surface area contributed by atoms with E-state index in [1.807, 2.05) is 7.05 Å². The molecular weight excluding hydrogens is 353 g/mol. The third kappa shape index (κ3) is 9.27. The Hall–Kier alpha value is -0.300. The van der Waals surface area contributed by atoms with Crippen LogP contribution in [0.4, 0.5) is 0 Å². The van der Waals surface area contributed by atoms with Gasteiger partial charge in [-0.1, -0.05) is 26.0 Å². The Labute approximate surface area is 134 Å². The first-order valence-corrected chi connectivity index (χ1v) is 6.92. The number of halogens is 1. The molecule has 0 saturated heterocycles. The van der Waals surface area contributed by atoms with Crippen molar-refractivity contribution in [2.45, 2.75) is 39.2 Å². The lowest BCUT2D eigenvalue weighted by Gasteiger charge is -2.16. The van der Waals surface area contributed by atoms with E-state index in [-0.39, 0.29) is 24.0 Å². The predicted molar refractivity (Wildman–Crippen MR) is 92.3 cm³/mol. The van der Waals surface area contributed by atoms with Crippen LogP contribution in [0.15, 0.2) is 17.1 Å². The van der Waals surface area contributed by atoms with E-state index >= 15 is 0 Å². The highest BCUT2D eigenvalue weighted by Gasteiger charge is 2.10. The maximum Gasteiger partial charge on any atom is 0.191 e. The molecule has 0 saturated carbocycles. The Bertz CT molecular complexity index is 272. The van der Waals surface area contributed by atoms with Crippen LogP contribution in [0.2, 0.25) is 0 Å². The van der Waals surface area contributed by atoms with Gasteiger partial charge >= 0.3 is 0 Å². The van der Waals surface area contributed by atoms with Crippen molar-refractivity contribution >= 4 is 29.9 Å². The summed E-state index contributed by atoms with van der Waals surface area (Å²) in [5.41, 5.74) is 0. The molecule has 0 spiro atoms. The third-order valence-electron chi connectivity index (χ3n) is 2.78. The molecule has 0 aromatic rings. The van der Waals surface area contributed by atoms with Gasteiger partial charge in [-0.3, -0.25) is 4.99 Å². The zero-order valence-electron chi connectivity index (χ0n) is 12.3. The summed E-state index contributed by atoms with van der Waals surface area (Å²) in [5, 5.41) is 6.73. The molecule has 1 rings (SSSR count). The summed E-state index contributed by atoms with van der Waals surface area (Å²) in [7, 11) is 1.81. The van der Waals surface area contributed by atoms with Gasteiger partial charge < -0.3 is 15.4 Å². The van der Waals surface area contributed by atoms with Gasteiger partial charge in [0.25, 0.3) is 0 Å². The van der Waals surface area contributed by atoms with Gasteiger partial charge in [0.1, 0.15) is 0 Å². The summed E-state index contributed by atoms with van der Waals surface area (Å²) in [6, 6.07) is 0.508. The third-order valence-corrected chi connectivity index (χ3v) is 2.78. The second-order valence-corrected chi connectivity index (χ2v) is 5.11. The van der Waals surface area contributed by atoms with Crippen LogP contribution in [0.3, 0.4) is 0 Å². The molecule has 0 amide bonds. The lowest BCUT2D eigenvalue weighted by molar-refractivity contribution is 0.108. The van der Waals surface area contributed by atoms with Crippen LogP contribution in [-0.2, 0) is 4.74 Å². The van der Waals surface area contributed by atoms with Crippen molar-refractivity contribution in [1.82, 2.24) is 10.6 Å². The smallest absolute Gasteiger partial charge is 0.191 e. The van der Waals surface area contributed by atoms with Gasteiger partial charge in [0.15, 0.2) is 5.96 Å². The predicted octanol–water partition coefficient (Wildman–Crippen LogP) is 2.55. The zero-order chi connectivity index (χ0) is 13.2. The lowest BCUT2D eigenvalue weighted by Crippen LogP contribution is -2.42. The molecule has 0 heterocycles. The van der Waals surface area contributed by atoms with E-state index in [9.17, 15) is 0 Å². The van der Waals surface area contributed by atoms with E-state index in [1.54, 1.807) is 0 Å². The van der Waals surface area contributed by atoms with Crippen LogP contribution < -0.4 is 10.6 Å². The molecule has 0 unspecified atom stereocenters. The van der Waals surface area contributed by atoms with Crippen molar-refractivity contribution in [3.8, 4) is 0 Å². The molecule has 0 bridgehead atoms. The molecule has 1 aliphatic rings. The fourth-order valence-electron chi connectivity index (χ4n) is 1.82. The summed E-state index contributed by atoms with van der Waals surface area (Å²) in [6.45, 7) is 6.89. The molecule has 0 atom stereocenters. The molecule has 2 N–H and O–H groups in total. The van der Waals surface area contributed by atoms with E-state index in [0.29, 0.717) is 12.0 Å². The van der Waals surface area contributed by atoms with Crippen molar-refractivity contribution in [3.63, 3.8) is 0 Å². The minimum absolute atomic E-state index is 0. The number of guanidine groups is 1. The summed E-state index contributed by atoms with van der Waals surface area (Å²) in [4.78, 5) is 4.22. The van der Waals surface area contributed by atoms with Crippen LogP contribution in [0.5, 0.6) is 0 Å². The number of nitrogens with one attached hydrogen (secondary N) is 2. The number of hydrogen-bond acceptors (Lipinski definition) is 2. The quantitative estimate of drug-likeness (QED) is 0.234. The van der Waals surface area contributed by atoms with Crippen LogP contribution in [0.1, 0.15) is 33.1 Å². The number of nitrogens with zero attached hydrogens (tertiary/aromatic N) is 1. The Morgan fingerprint density at radius 1 is 1.37 bits per heavy atom. The SMILES string of the molecule is CN=C(NCCCOCC(C)C)NC1CC=CC1.I. The topological polar surface area (TPSA) is 45.7 Å². The minimum atomic E-state index is 0. The molecule has 0 fully saturated rings. The van der Waals surface area contributed by atoms with E-state index in [2.05, 4.69) is 41.6 Å². The van der Waals surface area contributed by atoms with E-state index in [0.717, 1.165) is 45.0 Å². The van der Waals surface area contributed by atoms with Gasteiger partial charge in [-0.05, 0) is 25.2 Å². The van der Waals surface area contributed by atoms with Gasteiger partial charge in [-0.15, -0.1) is 24.0 Å². The largest absolute Gasteiger partial charge is 0.381 e. The normalized spacial score (nSPS) is 15.7. The monoisotopic (exact) mass is 381 g/mol. The molecule has 19 heavy (non-hydrogen) atoms. The summed E-state index contributed by atoms with van der Waals surface area (Å²) < 4.78 is 5.53. The number of ether oxygens (including phenoxy) is 1. The number of hydrogen-bond donors (Lipinski definition) is 2.